The Bertz CT molecular complexity index is 1170. The number of hydrogen-bond acceptors (Lipinski definition) is 4. The molecule has 9 heteroatoms. The fourth-order valence-electron chi connectivity index (χ4n) is 3.95. The lowest BCUT2D eigenvalue weighted by atomic mass is 10.1. The molecule has 0 aliphatic carbocycles. The summed E-state index contributed by atoms with van der Waals surface area (Å²) in [5.41, 5.74) is 2.86. The van der Waals surface area contributed by atoms with Crippen LogP contribution < -0.4 is 15.5 Å². The molecule has 1 fully saturated rings. The highest BCUT2D eigenvalue weighted by molar-refractivity contribution is 5.96. The molecule has 0 saturated carbocycles. The zero-order chi connectivity index (χ0) is 23.4. The largest absolute Gasteiger partial charge is 0.350 e. The SMILES string of the molecule is CCc1nc2ccc(C(=O)NCCN3CCNC3=O)cn2c1N(C)C(=O)Cc1ccccc1. The number of pyridine rings is 1. The molecule has 1 aliphatic heterocycles. The van der Waals surface area contributed by atoms with Crippen molar-refractivity contribution in [1.82, 2.24) is 24.9 Å². The van der Waals surface area contributed by atoms with Gasteiger partial charge < -0.3 is 15.5 Å². The van der Waals surface area contributed by atoms with Crippen LogP contribution in [-0.2, 0) is 17.6 Å². The lowest BCUT2D eigenvalue weighted by molar-refractivity contribution is -0.117. The second-order valence-corrected chi connectivity index (χ2v) is 7.97. The summed E-state index contributed by atoms with van der Waals surface area (Å²) in [6.45, 7) is 4.07. The van der Waals surface area contributed by atoms with Crippen LogP contribution in [0.4, 0.5) is 10.6 Å². The van der Waals surface area contributed by atoms with Gasteiger partial charge >= 0.3 is 6.03 Å². The quantitative estimate of drug-likeness (QED) is 0.550. The number of fused-ring (bicyclic) bond motifs is 1. The third-order valence-corrected chi connectivity index (χ3v) is 5.76. The third kappa shape index (κ3) is 4.82. The zero-order valence-corrected chi connectivity index (χ0v) is 18.9. The van der Waals surface area contributed by atoms with E-state index >= 15 is 0 Å². The van der Waals surface area contributed by atoms with E-state index in [-0.39, 0.29) is 24.3 Å². The van der Waals surface area contributed by atoms with Crippen molar-refractivity contribution in [3.8, 4) is 0 Å². The summed E-state index contributed by atoms with van der Waals surface area (Å²) >= 11 is 0. The Balaban J connectivity index is 1.52. The molecular weight excluding hydrogens is 420 g/mol. The van der Waals surface area contributed by atoms with Crippen molar-refractivity contribution in [2.75, 3.05) is 38.1 Å². The number of rotatable bonds is 8. The molecule has 3 heterocycles. The Morgan fingerprint density at radius 3 is 2.67 bits per heavy atom. The third-order valence-electron chi connectivity index (χ3n) is 5.76. The van der Waals surface area contributed by atoms with Crippen LogP contribution in [0, 0.1) is 0 Å². The number of carbonyl (C=O) groups is 3. The smallest absolute Gasteiger partial charge is 0.317 e. The summed E-state index contributed by atoms with van der Waals surface area (Å²) in [5, 5.41) is 5.60. The Kier molecular flexibility index (Phi) is 6.58. The van der Waals surface area contributed by atoms with Crippen LogP contribution >= 0.6 is 0 Å². The first-order valence-electron chi connectivity index (χ1n) is 11.1. The Morgan fingerprint density at radius 1 is 1.18 bits per heavy atom. The monoisotopic (exact) mass is 448 g/mol. The lowest BCUT2D eigenvalue weighted by Gasteiger charge is -2.19. The second kappa shape index (κ2) is 9.72. The highest BCUT2D eigenvalue weighted by atomic mass is 16.2. The first-order valence-corrected chi connectivity index (χ1v) is 11.1. The van der Waals surface area contributed by atoms with E-state index in [4.69, 9.17) is 0 Å². The number of benzene rings is 1. The number of nitrogens with one attached hydrogen (secondary N) is 2. The van der Waals surface area contributed by atoms with E-state index in [9.17, 15) is 14.4 Å². The molecule has 0 radical (unpaired) electrons. The van der Waals surface area contributed by atoms with Gasteiger partial charge in [-0.3, -0.25) is 18.9 Å². The average Bonchev–Trinajstić information content (AvgIpc) is 3.41. The van der Waals surface area contributed by atoms with Crippen molar-refractivity contribution >= 4 is 29.3 Å². The van der Waals surface area contributed by atoms with Crippen LogP contribution in [0.5, 0.6) is 0 Å². The van der Waals surface area contributed by atoms with Crippen LogP contribution in [0.25, 0.3) is 5.65 Å². The Hall–Kier alpha value is -3.88. The molecule has 0 bridgehead atoms. The first-order chi connectivity index (χ1) is 16.0. The number of hydrogen-bond donors (Lipinski definition) is 2. The molecule has 2 aromatic heterocycles. The maximum Gasteiger partial charge on any atom is 0.317 e. The van der Waals surface area contributed by atoms with E-state index < -0.39 is 0 Å². The Morgan fingerprint density at radius 2 is 1.97 bits per heavy atom. The zero-order valence-electron chi connectivity index (χ0n) is 18.9. The predicted molar refractivity (Wildman–Crippen MR) is 125 cm³/mol. The van der Waals surface area contributed by atoms with Crippen LogP contribution in [0.1, 0.15) is 28.5 Å². The molecule has 33 heavy (non-hydrogen) atoms. The molecule has 4 rings (SSSR count). The van der Waals surface area contributed by atoms with Gasteiger partial charge in [-0.1, -0.05) is 37.3 Å². The average molecular weight is 449 g/mol. The summed E-state index contributed by atoms with van der Waals surface area (Å²) in [5.74, 6) is 0.362. The number of urea groups is 1. The van der Waals surface area contributed by atoms with E-state index in [0.717, 1.165) is 11.3 Å². The van der Waals surface area contributed by atoms with Crippen molar-refractivity contribution in [2.24, 2.45) is 0 Å². The van der Waals surface area contributed by atoms with Gasteiger partial charge in [0, 0.05) is 39.4 Å². The minimum Gasteiger partial charge on any atom is -0.350 e. The molecule has 3 aromatic rings. The van der Waals surface area contributed by atoms with Gasteiger partial charge in [-0.2, -0.15) is 0 Å². The summed E-state index contributed by atoms with van der Waals surface area (Å²) in [4.78, 5) is 45.3. The van der Waals surface area contributed by atoms with Crippen molar-refractivity contribution in [3.05, 3.63) is 65.5 Å². The molecule has 1 aromatic carbocycles. The van der Waals surface area contributed by atoms with Crippen molar-refractivity contribution in [2.45, 2.75) is 19.8 Å². The maximum atomic E-state index is 13.0. The van der Waals surface area contributed by atoms with E-state index in [1.807, 2.05) is 37.3 Å². The minimum atomic E-state index is -0.243. The predicted octanol–water partition coefficient (Wildman–Crippen LogP) is 1.86. The number of aromatic nitrogens is 2. The molecule has 0 spiro atoms. The number of nitrogens with zero attached hydrogens (tertiary/aromatic N) is 4. The van der Waals surface area contributed by atoms with Crippen molar-refractivity contribution in [1.29, 1.82) is 0 Å². The molecule has 4 amide bonds. The van der Waals surface area contributed by atoms with Crippen LogP contribution in [0.15, 0.2) is 48.7 Å². The normalized spacial score (nSPS) is 13.3. The van der Waals surface area contributed by atoms with Gasteiger partial charge in [-0.15, -0.1) is 0 Å². The van der Waals surface area contributed by atoms with E-state index in [1.165, 1.54) is 0 Å². The molecule has 1 saturated heterocycles. The molecule has 9 nitrogen and oxygen atoms in total. The summed E-state index contributed by atoms with van der Waals surface area (Å²) in [6, 6.07) is 13.0. The van der Waals surface area contributed by atoms with Crippen LogP contribution in [0.3, 0.4) is 0 Å². The van der Waals surface area contributed by atoms with Crippen LogP contribution in [0.2, 0.25) is 0 Å². The number of anilines is 1. The van der Waals surface area contributed by atoms with Gasteiger partial charge in [0.2, 0.25) is 5.91 Å². The van der Waals surface area contributed by atoms with E-state index in [2.05, 4.69) is 15.6 Å². The van der Waals surface area contributed by atoms with Crippen molar-refractivity contribution < 1.29 is 14.4 Å². The molecular formula is C24H28N6O3. The van der Waals surface area contributed by atoms with Gasteiger partial charge in [0.15, 0.2) is 0 Å². The maximum absolute atomic E-state index is 13.0. The molecule has 1 aliphatic rings. The standard InChI is InChI=1S/C24H28N6O3/c1-3-19-23(28(2)21(31)15-17-7-5-4-6-8-17)30-16-18(9-10-20(30)27-19)22(32)25-11-13-29-14-12-26-24(29)33/h4-10,16H,3,11-15H2,1-2H3,(H,25,32)(H,26,33). The fraction of sp³-hybridized carbons (Fsp3) is 0.333. The molecule has 2 N–H and O–H groups in total. The summed E-state index contributed by atoms with van der Waals surface area (Å²) < 4.78 is 1.80. The lowest BCUT2D eigenvalue weighted by Crippen LogP contribution is -2.36. The van der Waals surface area contributed by atoms with Crippen LogP contribution in [-0.4, -0.2) is 65.4 Å². The van der Waals surface area contributed by atoms with E-state index in [1.54, 1.807) is 39.6 Å². The highest BCUT2D eigenvalue weighted by Gasteiger charge is 2.22. The second-order valence-electron chi connectivity index (χ2n) is 7.97. The summed E-state index contributed by atoms with van der Waals surface area (Å²) in [7, 11) is 1.74. The van der Waals surface area contributed by atoms with Gasteiger partial charge in [0.1, 0.15) is 11.5 Å². The number of imidazole rings is 1. The van der Waals surface area contributed by atoms with E-state index in [0.29, 0.717) is 49.6 Å². The van der Waals surface area contributed by atoms with Crippen molar-refractivity contribution in [3.63, 3.8) is 0 Å². The number of amides is 4. The van der Waals surface area contributed by atoms with Gasteiger partial charge in [-0.25, -0.2) is 9.78 Å². The topological polar surface area (TPSA) is 99.1 Å². The van der Waals surface area contributed by atoms with Gasteiger partial charge in [0.25, 0.3) is 5.91 Å². The van der Waals surface area contributed by atoms with Gasteiger partial charge in [-0.05, 0) is 24.1 Å². The first kappa shape index (κ1) is 22.3. The van der Waals surface area contributed by atoms with Gasteiger partial charge in [0.05, 0.1) is 17.7 Å². The molecule has 0 unspecified atom stereocenters. The fourth-order valence-corrected chi connectivity index (χ4v) is 3.95. The number of aryl methyl sites for hydroxylation is 1. The highest BCUT2D eigenvalue weighted by Crippen LogP contribution is 2.24. The number of likely N-dealkylation sites (N-methyl/N-ethyl adjacent to an activating group) is 1. The Labute approximate surface area is 192 Å². The molecule has 172 valence electrons. The summed E-state index contributed by atoms with van der Waals surface area (Å²) in [6.07, 6.45) is 2.64. The minimum absolute atomic E-state index is 0.0588. The molecule has 0 atom stereocenters. The number of carbonyl (C=O) groups excluding carboxylic acids is 3.